The molecule has 1 aromatic carbocycles. The molecular weight excluding hydrogens is 433 g/mol. The van der Waals surface area contributed by atoms with Crippen molar-refractivity contribution in [3.8, 4) is 11.5 Å². The zero-order valence-electron chi connectivity index (χ0n) is 16.1. The van der Waals surface area contributed by atoms with Crippen LogP contribution in [0.25, 0.3) is 0 Å². The number of hydrogen-bond donors (Lipinski definition) is 2. The lowest BCUT2D eigenvalue weighted by Crippen LogP contribution is -2.44. The smallest absolute Gasteiger partial charge is 0.480 e. The highest BCUT2D eigenvalue weighted by atomic mass is 35.5. The number of likely N-dealkylation sites (tertiary alicyclic amines) is 1. The predicted molar refractivity (Wildman–Crippen MR) is 99.8 cm³/mol. The maximum atomic E-state index is 10.8. The first-order valence-electron chi connectivity index (χ1n) is 9.00. The van der Waals surface area contributed by atoms with Crippen LogP contribution in [0.2, 0.25) is 5.02 Å². The Balaban J connectivity index is 0.000000396. The third-order valence-corrected chi connectivity index (χ3v) is 4.98. The van der Waals surface area contributed by atoms with E-state index in [2.05, 4.69) is 4.90 Å². The first-order valence-corrected chi connectivity index (χ1v) is 9.37. The number of ether oxygens (including phenoxy) is 2. The van der Waals surface area contributed by atoms with Gasteiger partial charge in [-0.2, -0.15) is 13.2 Å². The second-order valence-corrected chi connectivity index (χ2v) is 7.34. The predicted octanol–water partition coefficient (Wildman–Crippen LogP) is 2.68. The lowest BCUT2D eigenvalue weighted by atomic mass is 10.0. The summed E-state index contributed by atoms with van der Waals surface area (Å²) in [6.45, 7) is 3.02. The van der Waals surface area contributed by atoms with Gasteiger partial charge in [-0.1, -0.05) is 11.6 Å². The van der Waals surface area contributed by atoms with Gasteiger partial charge >= 0.3 is 18.1 Å². The molecule has 3 rings (SSSR count). The molecule has 12 heteroatoms. The average Bonchev–Trinajstić information content (AvgIpc) is 3.10. The maximum absolute atomic E-state index is 10.8. The zero-order valence-corrected chi connectivity index (χ0v) is 16.9. The van der Waals surface area contributed by atoms with E-state index in [0.717, 1.165) is 38.0 Å². The van der Waals surface area contributed by atoms with Crippen LogP contribution in [0.5, 0.6) is 11.5 Å². The molecule has 1 aromatic rings. The standard InChI is InChI=1S/C16H21ClN2O4.C2HF3O2/c1-18(9-15(20)21)12-2-4-19(5-3-12)8-11-6-13(17)16-14(7-11)22-10-23-16;3-2(4,5)1(6)7/h6-7,12H,2-5,8-10H2,1H3,(H,20,21);(H,6,7). The maximum Gasteiger partial charge on any atom is 0.490 e. The van der Waals surface area contributed by atoms with E-state index in [4.69, 9.17) is 36.1 Å². The quantitative estimate of drug-likeness (QED) is 0.700. The Morgan fingerprint density at radius 3 is 2.37 bits per heavy atom. The molecule has 0 amide bonds. The van der Waals surface area contributed by atoms with Crippen molar-refractivity contribution in [3.63, 3.8) is 0 Å². The Kier molecular flexibility index (Phi) is 8.16. The number of alkyl halides is 3. The van der Waals surface area contributed by atoms with E-state index < -0.39 is 18.1 Å². The third-order valence-electron chi connectivity index (χ3n) is 4.70. The number of aliphatic carboxylic acids is 2. The van der Waals surface area contributed by atoms with Gasteiger partial charge in [0.15, 0.2) is 11.5 Å². The normalized spacial score (nSPS) is 16.9. The summed E-state index contributed by atoms with van der Waals surface area (Å²) in [7, 11) is 1.88. The Hall–Kier alpha value is -2.24. The van der Waals surface area contributed by atoms with Gasteiger partial charge in [-0.25, -0.2) is 4.79 Å². The molecule has 0 saturated carbocycles. The molecule has 0 aromatic heterocycles. The number of carbonyl (C=O) groups is 2. The summed E-state index contributed by atoms with van der Waals surface area (Å²) >= 11 is 6.22. The molecule has 0 unspecified atom stereocenters. The molecule has 0 radical (unpaired) electrons. The van der Waals surface area contributed by atoms with Crippen LogP contribution in [0.1, 0.15) is 18.4 Å². The van der Waals surface area contributed by atoms with E-state index >= 15 is 0 Å². The number of rotatable bonds is 5. The Labute approximate surface area is 175 Å². The lowest BCUT2D eigenvalue weighted by molar-refractivity contribution is -0.192. The number of carboxylic acids is 2. The van der Waals surface area contributed by atoms with Crippen LogP contribution in [0, 0.1) is 0 Å². The molecule has 2 aliphatic heterocycles. The monoisotopic (exact) mass is 454 g/mol. The number of benzene rings is 1. The third kappa shape index (κ3) is 6.92. The molecule has 30 heavy (non-hydrogen) atoms. The summed E-state index contributed by atoms with van der Waals surface area (Å²) in [4.78, 5) is 24.0. The number of piperidine rings is 1. The highest BCUT2D eigenvalue weighted by molar-refractivity contribution is 6.32. The summed E-state index contributed by atoms with van der Waals surface area (Å²) < 4.78 is 42.5. The second kappa shape index (κ2) is 10.2. The van der Waals surface area contributed by atoms with Crippen molar-refractivity contribution in [1.29, 1.82) is 0 Å². The molecule has 0 spiro atoms. The summed E-state index contributed by atoms with van der Waals surface area (Å²) in [5.74, 6) is -2.19. The molecule has 0 atom stereocenters. The van der Waals surface area contributed by atoms with E-state index in [1.807, 2.05) is 24.1 Å². The summed E-state index contributed by atoms with van der Waals surface area (Å²) in [6.07, 6.45) is -3.13. The van der Waals surface area contributed by atoms with E-state index in [0.29, 0.717) is 22.6 Å². The molecular formula is C18H22ClF3N2O6. The topological polar surface area (TPSA) is 99.5 Å². The molecule has 1 fully saturated rings. The highest BCUT2D eigenvalue weighted by Crippen LogP contribution is 2.40. The molecule has 8 nitrogen and oxygen atoms in total. The molecule has 0 bridgehead atoms. The van der Waals surface area contributed by atoms with Crippen molar-refractivity contribution in [3.05, 3.63) is 22.7 Å². The number of nitrogens with zero attached hydrogens (tertiary/aromatic N) is 2. The van der Waals surface area contributed by atoms with Crippen LogP contribution in [-0.4, -0.2) is 77.6 Å². The van der Waals surface area contributed by atoms with Gasteiger partial charge in [0.2, 0.25) is 6.79 Å². The van der Waals surface area contributed by atoms with E-state index in [1.165, 1.54) is 0 Å². The molecule has 2 aliphatic rings. The Morgan fingerprint density at radius 1 is 1.23 bits per heavy atom. The van der Waals surface area contributed by atoms with Crippen molar-refractivity contribution in [2.45, 2.75) is 31.6 Å². The largest absolute Gasteiger partial charge is 0.490 e. The molecule has 0 aliphatic carbocycles. The van der Waals surface area contributed by atoms with Gasteiger partial charge in [0.05, 0.1) is 11.6 Å². The number of likely N-dealkylation sites (N-methyl/N-ethyl adjacent to an activating group) is 1. The SMILES string of the molecule is CN(CC(=O)O)C1CCN(Cc2cc(Cl)c3c(c2)OCO3)CC1.O=C(O)C(F)(F)F. The van der Waals surface area contributed by atoms with Crippen LogP contribution in [0.15, 0.2) is 12.1 Å². The van der Waals surface area contributed by atoms with Gasteiger partial charge in [-0.05, 0) is 50.7 Å². The van der Waals surface area contributed by atoms with Gasteiger partial charge in [0.1, 0.15) is 0 Å². The van der Waals surface area contributed by atoms with Crippen molar-refractivity contribution >= 4 is 23.5 Å². The second-order valence-electron chi connectivity index (χ2n) is 6.93. The molecule has 168 valence electrons. The molecule has 1 saturated heterocycles. The fraction of sp³-hybridized carbons (Fsp3) is 0.556. The minimum absolute atomic E-state index is 0.0996. The number of hydrogen-bond acceptors (Lipinski definition) is 6. The number of fused-ring (bicyclic) bond motifs is 1. The van der Waals surface area contributed by atoms with Crippen LogP contribution in [0.4, 0.5) is 13.2 Å². The Bertz CT molecular complexity index is 769. The van der Waals surface area contributed by atoms with Gasteiger partial charge in [0.25, 0.3) is 0 Å². The first-order chi connectivity index (χ1) is 14.0. The van der Waals surface area contributed by atoms with Crippen molar-refractivity contribution in [2.24, 2.45) is 0 Å². The minimum atomic E-state index is -5.08. The average molecular weight is 455 g/mol. The van der Waals surface area contributed by atoms with Crippen molar-refractivity contribution in [1.82, 2.24) is 9.80 Å². The fourth-order valence-electron chi connectivity index (χ4n) is 3.23. The van der Waals surface area contributed by atoms with Crippen molar-refractivity contribution < 1.29 is 42.4 Å². The van der Waals surface area contributed by atoms with Crippen LogP contribution in [0.3, 0.4) is 0 Å². The summed E-state index contributed by atoms with van der Waals surface area (Å²) in [5.41, 5.74) is 1.11. The molecule has 2 N–H and O–H groups in total. The van der Waals surface area contributed by atoms with Gasteiger partial charge in [0, 0.05) is 12.6 Å². The van der Waals surface area contributed by atoms with E-state index in [9.17, 15) is 18.0 Å². The van der Waals surface area contributed by atoms with Crippen molar-refractivity contribution in [2.75, 3.05) is 33.5 Å². The summed E-state index contributed by atoms with van der Waals surface area (Å²) in [5, 5.41) is 16.6. The number of halogens is 4. The van der Waals surface area contributed by atoms with Gasteiger partial charge in [-0.3, -0.25) is 14.6 Å². The lowest BCUT2D eigenvalue weighted by Gasteiger charge is -2.36. The highest BCUT2D eigenvalue weighted by Gasteiger charge is 2.38. The summed E-state index contributed by atoms with van der Waals surface area (Å²) in [6, 6.07) is 4.25. The minimum Gasteiger partial charge on any atom is -0.480 e. The van der Waals surface area contributed by atoms with Gasteiger partial charge < -0.3 is 19.7 Å². The number of carboxylic acid groups (broad SMARTS) is 2. The van der Waals surface area contributed by atoms with E-state index in [-0.39, 0.29) is 13.3 Å². The van der Waals surface area contributed by atoms with Crippen LogP contribution in [-0.2, 0) is 16.1 Å². The first kappa shape index (κ1) is 24.0. The Morgan fingerprint density at radius 2 is 1.83 bits per heavy atom. The van der Waals surface area contributed by atoms with Crippen LogP contribution >= 0.6 is 11.6 Å². The van der Waals surface area contributed by atoms with E-state index in [1.54, 1.807) is 0 Å². The molecule has 2 heterocycles. The van der Waals surface area contributed by atoms with Gasteiger partial charge in [-0.15, -0.1) is 0 Å². The zero-order chi connectivity index (χ0) is 22.5. The fourth-order valence-corrected chi connectivity index (χ4v) is 3.52. The van der Waals surface area contributed by atoms with Crippen LogP contribution < -0.4 is 9.47 Å².